The highest BCUT2D eigenvalue weighted by molar-refractivity contribution is 5.86. The van der Waals surface area contributed by atoms with E-state index in [9.17, 15) is 0 Å². The van der Waals surface area contributed by atoms with Crippen molar-refractivity contribution >= 4 is 16.7 Å². The summed E-state index contributed by atoms with van der Waals surface area (Å²) in [5, 5.41) is 10.6. The molecule has 50 heavy (non-hydrogen) atoms. The number of hydrogen-bond donors (Lipinski definition) is 4. The normalized spacial score (nSPS) is 24.8. The number of aromatic nitrogens is 2. The first kappa shape index (κ1) is 39.5. The van der Waals surface area contributed by atoms with Crippen LogP contribution in [0.25, 0.3) is 33.3 Å². The number of likely N-dealkylation sites (tertiary alicyclic amines) is 1. The molecule has 274 valence electrons. The first-order valence-electron chi connectivity index (χ1n) is 18.4. The van der Waals surface area contributed by atoms with Crippen molar-refractivity contribution in [1.29, 1.82) is 0 Å². The fraction of sp³-hybridized carbons (Fsp3) is 0.548. The van der Waals surface area contributed by atoms with E-state index in [0.717, 1.165) is 59.5 Å². The Kier molecular flexibility index (Phi) is 13.3. The molecule has 7 rings (SSSR count). The fourth-order valence-corrected chi connectivity index (χ4v) is 8.51. The third-order valence-corrected chi connectivity index (χ3v) is 11.3. The van der Waals surface area contributed by atoms with Gasteiger partial charge in [0.15, 0.2) is 0 Å². The van der Waals surface area contributed by atoms with Crippen molar-refractivity contribution in [3.63, 3.8) is 0 Å². The molecule has 6 atom stereocenters. The van der Waals surface area contributed by atoms with E-state index in [1.54, 1.807) is 24.3 Å². The maximum Gasteiger partial charge on any atom is 0.299 e. The second-order valence-corrected chi connectivity index (χ2v) is 14.4. The Morgan fingerprint density at radius 2 is 1.54 bits per heavy atom. The van der Waals surface area contributed by atoms with Gasteiger partial charge in [0.2, 0.25) is 0 Å². The van der Waals surface area contributed by atoms with Crippen LogP contribution in [0.15, 0.2) is 54.6 Å². The molecule has 5 N–H and O–H groups in total. The first-order valence-corrected chi connectivity index (χ1v) is 18.4. The zero-order valence-corrected chi connectivity index (χ0v) is 30.5. The molecule has 4 aromatic rings. The van der Waals surface area contributed by atoms with Crippen LogP contribution in [0.5, 0.6) is 0 Å². The van der Waals surface area contributed by atoms with E-state index in [0.29, 0.717) is 28.8 Å². The second-order valence-electron chi connectivity index (χ2n) is 14.4. The highest BCUT2D eigenvalue weighted by Gasteiger charge is 2.44. The molecule has 8 heteroatoms. The van der Waals surface area contributed by atoms with Crippen LogP contribution in [0.4, 0.5) is 14.5 Å². The number of rotatable bonds is 8. The van der Waals surface area contributed by atoms with Crippen LogP contribution in [0, 0.1) is 11.8 Å². The monoisotopic (exact) mass is 689 g/mol. The maximum atomic E-state index is 15.3. The number of unbranched alkanes of at least 4 members (excludes halogenated alkanes) is 1. The first-order chi connectivity index (χ1) is 23.5. The molecule has 0 radical (unpaired) electrons. The molecule has 6 nitrogen and oxygen atoms in total. The number of hydrogen-bond acceptors (Lipinski definition) is 5. The predicted octanol–water partition coefficient (Wildman–Crippen LogP) is 10.3. The van der Waals surface area contributed by atoms with Crippen LogP contribution >= 0.6 is 0 Å². The lowest BCUT2D eigenvalue weighted by atomic mass is 9.93. The van der Waals surface area contributed by atoms with Gasteiger partial charge in [-0.3, -0.25) is 4.90 Å². The molecule has 0 saturated carbocycles. The molecule has 1 aliphatic carbocycles. The van der Waals surface area contributed by atoms with Crippen molar-refractivity contribution < 1.29 is 13.9 Å². The van der Waals surface area contributed by atoms with E-state index in [1.165, 1.54) is 51.0 Å². The highest BCUT2D eigenvalue weighted by Crippen LogP contribution is 2.52. The van der Waals surface area contributed by atoms with E-state index in [-0.39, 0.29) is 24.6 Å². The summed E-state index contributed by atoms with van der Waals surface area (Å²) >= 11 is 0. The van der Waals surface area contributed by atoms with Gasteiger partial charge in [0.05, 0.1) is 17.1 Å². The quantitative estimate of drug-likeness (QED) is 0.138. The van der Waals surface area contributed by atoms with E-state index < -0.39 is 5.92 Å². The number of aliphatic hydroxyl groups excluding tert-OH is 1. The number of fused-ring (bicyclic) bond motifs is 4. The summed E-state index contributed by atoms with van der Waals surface area (Å²) in [5.74, 6) is -0.445. The molecule has 1 aromatic heterocycles. The Balaban J connectivity index is 0.000000343. The van der Waals surface area contributed by atoms with E-state index >= 15 is 8.78 Å². The number of H-pyrrole nitrogens is 1. The van der Waals surface area contributed by atoms with Gasteiger partial charge < -0.3 is 21.1 Å². The molecule has 0 amide bonds. The Hall–Kier alpha value is -3.33. The molecule has 2 saturated heterocycles. The predicted molar refractivity (Wildman–Crippen MR) is 207 cm³/mol. The number of nitrogens with one attached hydrogen (secondary N) is 2. The van der Waals surface area contributed by atoms with E-state index in [4.69, 9.17) is 15.8 Å². The van der Waals surface area contributed by atoms with Crippen molar-refractivity contribution in [3.8, 4) is 22.3 Å². The summed E-state index contributed by atoms with van der Waals surface area (Å²) < 4.78 is 30.7. The van der Waals surface area contributed by atoms with Gasteiger partial charge in [0.25, 0.3) is 5.92 Å². The van der Waals surface area contributed by atoms with Crippen LogP contribution in [-0.4, -0.2) is 52.3 Å². The van der Waals surface area contributed by atoms with E-state index in [1.807, 2.05) is 24.3 Å². The number of imidazole rings is 1. The van der Waals surface area contributed by atoms with Crippen molar-refractivity contribution in [2.24, 2.45) is 11.8 Å². The Labute approximate surface area is 299 Å². The molecule has 3 heterocycles. The lowest BCUT2D eigenvalue weighted by Crippen LogP contribution is -2.29. The second kappa shape index (κ2) is 16.8. The highest BCUT2D eigenvalue weighted by atomic mass is 19.3. The van der Waals surface area contributed by atoms with Crippen LogP contribution in [-0.2, 0) is 5.92 Å². The topological polar surface area (TPSA) is 90.2 Å². The third kappa shape index (κ3) is 7.78. The average Bonchev–Trinajstić information content (AvgIpc) is 3.82. The van der Waals surface area contributed by atoms with Crippen LogP contribution in [0.3, 0.4) is 0 Å². The number of nitrogens with zero attached hydrogens (tertiary/aromatic N) is 2. The SMILES string of the molecule is C.CCCC1C[C@@H](C)NC1CC.CCCCC1CC(c2nc3ccc(-c4ccc5c(c4)C(F)(F)c4cc(N)ccc4-5)cc3[nH]2)N(C)C1C.CO. The van der Waals surface area contributed by atoms with Gasteiger partial charge in [-0.25, -0.2) is 4.98 Å². The van der Waals surface area contributed by atoms with Gasteiger partial charge in [0.1, 0.15) is 5.82 Å². The Morgan fingerprint density at radius 3 is 2.22 bits per heavy atom. The number of nitrogens with two attached hydrogens (primary N) is 1. The fourth-order valence-electron chi connectivity index (χ4n) is 8.51. The molecular weight excluding hydrogens is 628 g/mol. The number of aliphatic hydroxyl groups is 1. The van der Waals surface area contributed by atoms with E-state index in [2.05, 4.69) is 56.9 Å². The Bertz CT molecular complexity index is 1700. The summed E-state index contributed by atoms with van der Waals surface area (Å²) in [6, 6.07) is 18.4. The molecule has 5 unspecified atom stereocenters. The summed E-state index contributed by atoms with van der Waals surface area (Å²) in [5.41, 5.74) is 10.8. The number of alkyl halides is 2. The molecule has 3 aromatic carbocycles. The largest absolute Gasteiger partial charge is 0.400 e. The van der Waals surface area contributed by atoms with Crippen LogP contribution in [0.2, 0.25) is 0 Å². The zero-order chi connectivity index (χ0) is 35.5. The molecule has 2 aliphatic heterocycles. The lowest BCUT2D eigenvalue weighted by Gasteiger charge is -2.23. The minimum Gasteiger partial charge on any atom is -0.400 e. The minimum absolute atomic E-state index is 0. The molecular formula is C42H61F2N5O. The Morgan fingerprint density at radius 1 is 0.880 bits per heavy atom. The van der Waals surface area contributed by atoms with Crippen LogP contribution in [0.1, 0.15) is 116 Å². The molecule has 3 aliphatic rings. The van der Waals surface area contributed by atoms with Gasteiger partial charge in [-0.15, -0.1) is 0 Å². The van der Waals surface area contributed by atoms with Gasteiger partial charge in [-0.2, -0.15) is 8.78 Å². The molecule has 0 spiro atoms. The standard InChI is InChI=1S/C30H32F2N4.C10H21N.CH4O.CH4/c1-4-5-6-18-15-28(36(3)17(18)2)29-34-26-12-8-20(14-27(26)35-29)19-7-10-22-23-11-9-21(33)16-25(23)30(31,32)24(22)13-19;1-4-6-9-7-8(3)11-10(9)5-2;1-2;/h7-14,16-18,28H,4-6,15,33H2,1-3H3,(H,34,35);8-11H,4-7H2,1-3H3;2H,1H3;1H4/t;8-,9?,10?;;/m.1../s1. The number of nitrogen functional groups attached to an aromatic ring is 1. The number of halogens is 2. The number of benzene rings is 3. The van der Waals surface area contributed by atoms with Crippen molar-refractivity contribution in [2.45, 2.75) is 124 Å². The maximum absolute atomic E-state index is 15.3. The number of anilines is 1. The number of aromatic amines is 1. The zero-order valence-electron chi connectivity index (χ0n) is 30.5. The minimum atomic E-state index is -3.07. The lowest BCUT2D eigenvalue weighted by molar-refractivity contribution is 0.0481. The molecule has 0 bridgehead atoms. The van der Waals surface area contributed by atoms with Gasteiger partial charge in [0, 0.05) is 42.0 Å². The molecule has 2 fully saturated rings. The smallest absolute Gasteiger partial charge is 0.299 e. The van der Waals surface area contributed by atoms with Crippen molar-refractivity contribution in [3.05, 3.63) is 71.5 Å². The van der Waals surface area contributed by atoms with Crippen molar-refractivity contribution in [2.75, 3.05) is 19.9 Å². The summed E-state index contributed by atoms with van der Waals surface area (Å²) in [6.07, 6.45) is 10.3. The van der Waals surface area contributed by atoms with Gasteiger partial charge >= 0.3 is 0 Å². The summed E-state index contributed by atoms with van der Waals surface area (Å²) in [6.45, 7) is 11.4. The van der Waals surface area contributed by atoms with Crippen LogP contribution < -0.4 is 11.1 Å². The van der Waals surface area contributed by atoms with Gasteiger partial charge in [-0.1, -0.05) is 71.7 Å². The third-order valence-electron chi connectivity index (χ3n) is 11.3. The average molecular weight is 690 g/mol. The van der Waals surface area contributed by atoms with Crippen molar-refractivity contribution in [1.82, 2.24) is 20.2 Å². The summed E-state index contributed by atoms with van der Waals surface area (Å²) in [7, 11) is 3.19. The summed E-state index contributed by atoms with van der Waals surface area (Å²) in [4.78, 5) is 10.9. The van der Waals surface area contributed by atoms with Gasteiger partial charge in [-0.05, 0) is 117 Å².